The van der Waals surface area contributed by atoms with Crippen molar-refractivity contribution in [2.75, 3.05) is 19.6 Å². The van der Waals surface area contributed by atoms with E-state index in [1.54, 1.807) is 35.1 Å². The molecule has 1 fully saturated rings. The summed E-state index contributed by atoms with van der Waals surface area (Å²) in [5.41, 5.74) is 1.02. The summed E-state index contributed by atoms with van der Waals surface area (Å²) in [4.78, 5) is 12.1. The van der Waals surface area contributed by atoms with Crippen LogP contribution in [0.15, 0.2) is 30.5 Å². The number of rotatable bonds is 4. The first-order valence-electron chi connectivity index (χ1n) is 7.22. The minimum absolute atomic E-state index is 0. The van der Waals surface area contributed by atoms with Gasteiger partial charge in [-0.2, -0.15) is 5.10 Å². The molecule has 2 unspecified atom stereocenters. The van der Waals surface area contributed by atoms with E-state index in [2.05, 4.69) is 15.7 Å². The Morgan fingerprint density at radius 3 is 2.79 bits per heavy atom. The lowest BCUT2D eigenvalue weighted by molar-refractivity contribution is 0.0921. The van der Waals surface area contributed by atoms with Gasteiger partial charge in [0.2, 0.25) is 0 Å². The highest BCUT2D eigenvalue weighted by Gasteiger charge is 2.25. The van der Waals surface area contributed by atoms with Gasteiger partial charge in [-0.25, -0.2) is 4.68 Å². The standard InChI is InChI=1S/C15H16Cl2N4O2.ClH/c16-11-2-1-10(5-12(11)17)21-4-3-13(20-21)15(23)19-7-9-6-18-8-14(9)22;/h1-5,9,14,18,22H,6-8H2,(H,19,23);1H. The van der Waals surface area contributed by atoms with Gasteiger partial charge in [0.05, 0.1) is 21.8 Å². The molecule has 2 aromatic rings. The van der Waals surface area contributed by atoms with Crippen LogP contribution in [0.5, 0.6) is 0 Å². The van der Waals surface area contributed by atoms with Gasteiger partial charge in [0.25, 0.3) is 5.91 Å². The van der Waals surface area contributed by atoms with E-state index in [9.17, 15) is 9.90 Å². The van der Waals surface area contributed by atoms with E-state index in [0.29, 0.717) is 41.1 Å². The highest BCUT2D eigenvalue weighted by molar-refractivity contribution is 6.42. The van der Waals surface area contributed by atoms with E-state index in [1.165, 1.54) is 0 Å². The van der Waals surface area contributed by atoms with Gasteiger partial charge in [-0.15, -0.1) is 12.4 Å². The second kappa shape index (κ2) is 8.18. The summed E-state index contributed by atoms with van der Waals surface area (Å²) in [5.74, 6) is -0.251. The molecule has 0 saturated carbocycles. The number of aliphatic hydroxyl groups excluding tert-OH is 1. The first kappa shape index (κ1) is 19.0. The quantitative estimate of drug-likeness (QED) is 0.744. The average Bonchev–Trinajstić information content (AvgIpc) is 3.17. The van der Waals surface area contributed by atoms with Crippen molar-refractivity contribution < 1.29 is 9.90 Å². The highest BCUT2D eigenvalue weighted by atomic mass is 35.5. The van der Waals surface area contributed by atoms with E-state index < -0.39 is 6.10 Å². The molecule has 3 N–H and O–H groups in total. The van der Waals surface area contributed by atoms with Crippen molar-refractivity contribution in [3.63, 3.8) is 0 Å². The lowest BCUT2D eigenvalue weighted by Gasteiger charge is -2.13. The number of β-amino-alcohol motifs (C(OH)–C–C–N with tert-alkyl or cyclic N) is 1. The van der Waals surface area contributed by atoms with Gasteiger partial charge in [-0.1, -0.05) is 23.2 Å². The van der Waals surface area contributed by atoms with Crippen LogP contribution < -0.4 is 10.6 Å². The molecule has 1 aliphatic heterocycles. The maximum atomic E-state index is 12.1. The summed E-state index contributed by atoms with van der Waals surface area (Å²) in [5, 5.41) is 20.7. The number of amides is 1. The molecule has 0 spiro atoms. The number of carbonyl (C=O) groups is 1. The number of nitrogens with zero attached hydrogens (tertiary/aromatic N) is 2. The number of aromatic nitrogens is 2. The minimum atomic E-state index is -0.427. The van der Waals surface area contributed by atoms with Gasteiger partial charge in [-0.3, -0.25) is 4.79 Å². The minimum Gasteiger partial charge on any atom is -0.391 e. The number of halogens is 3. The number of hydrogen-bond donors (Lipinski definition) is 3. The van der Waals surface area contributed by atoms with Crippen LogP contribution in [0.3, 0.4) is 0 Å². The molecule has 2 heterocycles. The first-order chi connectivity index (χ1) is 11.0. The van der Waals surface area contributed by atoms with Crippen LogP contribution in [-0.2, 0) is 0 Å². The fraction of sp³-hybridized carbons (Fsp3) is 0.333. The molecule has 1 saturated heterocycles. The molecule has 2 atom stereocenters. The van der Waals surface area contributed by atoms with Crippen LogP contribution in [0.4, 0.5) is 0 Å². The van der Waals surface area contributed by atoms with Gasteiger partial charge in [0.15, 0.2) is 5.69 Å². The number of nitrogens with one attached hydrogen (secondary N) is 2. The molecule has 1 aliphatic rings. The number of carbonyl (C=O) groups excluding carboxylic acids is 1. The summed E-state index contributed by atoms with van der Waals surface area (Å²) < 4.78 is 1.56. The van der Waals surface area contributed by atoms with Gasteiger partial charge < -0.3 is 15.7 Å². The third-order valence-corrected chi connectivity index (χ3v) is 4.56. The third kappa shape index (κ3) is 4.20. The summed E-state index contributed by atoms with van der Waals surface area (Å²) in [6, 6.07) is 6.75. The topological polar surface area (TPSA) is 79.2 Å². The first-order valence-corrected chi connectivity index (χ1v) is 7.98. The summed E-state index contributed by atoms with van der Waals surface area (Å²) >= 11 is 11.9. The molecule has 0 radical (unpaired) electrons. The van der Waals surface area contributed by atoms with Crippen molar-refractivity contribution in [2.45, 2.75) is 6.10 Å². The van der Waals surface area contributed by atoms with E-state index in [1.807, 2.05) is 0 Å². The molecular weight excluding hydrogens is 375 g/mol. The molecule has 0 aliphatic carbocycles. The lowest BCUT2D eigenvalue weighted by atomic mass is 10.1. The van der Waals surface area contributed by atoms with Crippen molar-refractivity contribution in [2.24, 2.45) is 5.92 Å². The van der Waals surface area contributed by atoms with Crippen LogP contribution in [0.2, 0.25) is 10.0 Å². The Morgan fingerprint density at radius 1 is 1.33 bits per heavy atom. The monoisotopic (exact) mass is 390 g/mol. The number of aliphatic hydroxyl groups is 1. The maximum absolute atomic E-state index is 12.1. The van der Waals surface area contributed by atoms with Crippen molar-refractivity contribution >= 4 is 41.5 Å². The molecular formula is C15H17Cl3N4O2. The van der Waals surface area contributed by atoms with Crippen LogP contribution in [0.25, 0.3) is 5.69 Å². The van der Waals surface area contributed by atoms with E-state index in [0.717, 1.165) is 0 Å². The predicted octanol–water partition coefficient (Wildman–Crippen LogP) is 1.91. The van der Waals surface area contributed by atoms with Crippen molar-refractivity contribution in [3.05, 3.63) is 46.2 Å². The maximum Gasteiger partial charge on any atom is 0.271 e. The molecule has 9 heteroatoms. The van der Waals surface area contributed by atoms with Crippen LogP contribution >= 0.6 is 35.6 Å². The Balaban J connectivity index is 0.00000208. The zero-order chi connectivity index (χ0) is 16.4. The zero-order valence-electron chi connectivity index (χ0n) is 12.6. The molecule has 0 bridgehead atoms. The van der Waals surface area contributed by atoms with Crippen molar-refractivity contribution in [1.82, 2.24) is 20.4 Å². The molecule has 24 heavy (non-hydrogen) atoms. The Hall–Kier alpha value is -1.31. The van der Waals surface area contributed by atoms with Crippen LogP contribution in [-0.4, -0.2) is 46.5 Å². The number of benzene rings is 1. The van der Waals surface area contributed by atoms with E-state index >= 15 is 0 Å². The Labute approximate surface area is 155 Å². The molecule has 1 aromatic heterocycles. The second-order valence-electron chi connectivity index (χ2n) is 5.44. The van der Waals surface area contributed by atoms with Crippen molar-refractivity contribution in [3.8, 4) is 5.69 Å². The largest absolute Gasteiger partial charge is 0.391 e. The second-order valence-corrected chi connectivity index (χ2v) is 6.25. The Morgan fingerprint density at radius 2 is 2.12 bits per heavy atom. The van der Waals surface area contributed by atoms with Gasteiger partial charge in [0.1, 0.15) is 0 Å². The molecule has 1 aromatic carbocycles. The smallest absolute Gasteiger partial charge is 0.271 e. The predicted molar refractivity (Wildman–Crippen MR) is 95.5 cm³/mol. The fourth-order valence-electron chi connectivity index (χ4n) is 2.46. The Bertz CT molecular complexity index is 722. The molecule has 3 rings (SSSR count). The summed E-state index contributed by atoms with van der Waals surface area (Å²) in [6.45, 7) is 1.66. The molecule has 130 valence electrons. The van der Waals surface area contributed by atoms with Gasteiger partial charge >= 0.3 is 0 Å². The van der Waals surface area contributed by atoms with Crippen LogP contribution in [0, 0.1) is 5.92 Å². The van der Waals surface area contributed by atoms with Gasteiger partial charge in [-0.05, 0) is 24.3 Å². The third-order valence-electron chi connectivity index (χ3n) is 3.82. The SMILES string of the molecule is Cl.O=C(NCC1CNCC1O)c1ccn(-c2ccc(Cl)c(Cl)c2)n1. The normalized spacial score (nSPS) is 19.8. The van der Waals surface area contributed by atoms with E-state index in [-0.39, 0.29) is 24.2 Å². The lowest BCUT2D eigenvalue weighted by Crippen LogP contribution is -2.34. The van der Waals surface area contributed by atoms with E-state index in [4.69, 9.17) is 23.2 Å². The Kier molecular flexibility index (Phi) is 6.48. The summed E-state index contributed by atoms with van der Waals surface area (Å²) in [6.07, 6.45) is 1.25. The molecule has 6 nitrogen and oxygen atoms in total. The zero-order valence-corrected chi connectivity index (χ0v) is 14.9. The summed E-state index contributed by atoms with van der Waals surface area (Å²) in [7, 11) is 0. The van der Waals surface area contributed by atoms with Crippen molar-refractivity contribution in [1.29, 1.82) is 0 Å². The van der Waals surface area contributed by atoms with Gasteiger partial charge in [0, 0.05) is 31.7 Å². The number of hydrogen-bond acceptors (Lipinski definition) is 4. The highest BCUT2D eigenvalue weighted by Crippen LogP contribution is 2.24. The molecule has 1 amide bonds. The average molecular weight is 392 g/mol. The van der Waals surface area contributed by atoms with Crippen LogP contribution in [0.1, 0.15) is 10.5 Å². The fourth-order valence-corrected chi connectivity index (χ4v) is 2.75.